The molecule has 2 fully saturated rings. The Bertz CT molecular complexity index is 1070. The first-order valence-electron chi connectivity index (χ1n) is 11.9. The number of phenols is 1. The summed E-state index contributed by atoms with van der Waals surface area (Å²) < 4.78 is 2.03. The number of nitrogens with zero attached hydrogens (tertiary/aromatic N) is 4. The molecule has 0 radical (unpaired) electrons. The molecule has 3 aliphatic carbocycles. The molecule has 5 rings (SSSR count). The van der Waals surface area contributed by atoms with E-state index >= 15 is 0 Å². The molecule has 1 N–H and O–H groups in total. The van der Waals surface area contributed by atoms with E-state index in [1.165, 1.54) is 42.5 Å². The number of aromatic nitrogens is 2. The minimum absolute atomic E-state index is 0.171. The molecule has 164 valence electrons. The maximum atomic E-state index is 9.89. The fourth-order valence-corrected chi connectivity index (χ4v) is 6.88. The minimum Gasteiger partial charge on any atom is -0.508 e. The highest BCUT2D eigenvalue weighted by Gasteiger charge is 2.53. The number of benzene rings is 1. The Morgan fingerprint density at radius 2 is 2.06 bits per heavy atom. The molecule has 1 heterocycles. The maximum Gasteiger partial charge on any atom is 0.115 e. The largest absolute Gasteiger partial charge is 0.508 e. The van der Waals surface area contributed by atoms with E-state index in [-0.39, 0.29) is 5.41 Å². The van der Waals surface area contributed by atoms with E-state index in [0.717, 1.165) is 42.3 Å². The van der Waals surface area contributed by atoms with Gasteiger partial charge in [-0.1, -0.05) is 13.0 Å². The van der Waals surface area contributed by atoms with E-state index in [0.29, 0.717) is 17.6 Å². The standard InChI is InChI=1S/C26H34N4O/c1-5-30-17(3)23(16(2)29-30)15-27-28-25-11-10-24-22-8-6-18-14-19(31)7-9-20(18)21(22)12-13-26(24,25)4/h7,9,14-15,21-22,24,31H,5-6,8,10-13H2,1-4H3/b27-15-,28-25-/t21-,22+,24+,26+/m0/s1. The summed E-state index contributed by atoms with van der Waals surface area (Å²) in [5.74, 6) is 2.45. The summed E-state index contributed by atoms with van der Waals surface area (Å²) in [5, 5.41) is 23.8. The van der Waals surface area contributed by atoms with Gasteiger partial charge < -0.3 is 5.11 Å². The van der Waals surface area contributed by atoms with E-state index < -0.39 is 0 Å². The van der Waals surface area contributed by atoms with Crippen molar-refractivity contribution in [3.8, 4) is 5.75 Å². The van der Waals surface area contributed by atoms with Crippen LogP contribution in [-0.4, -0.2) is 26.8 Å². The van der Waals surface area contributed by atoms with Gasteiger partial charge in [0.1, 0.15) is 5.75 Å². The van der Waals surface area contributed by atoms with Crippen LogP contribution in [0.25, 0.3) is 0 Å². The summed E-state index contributed by atoms with van der Waals surface area (Å²) in [5.41, 5.74) is 7.59. The van der Waals surface area contributed by atoms with Gasteiger partial charge in [-0.15, -0.1) is 0 Å². The second kappa shape index (κ2) is 7.61. The van der Waals surface area contributed by atoms with Crippen molar-refractivity contribution in [2.24, 2.45) is 27.5 Å². The predicted molar refractivity (Wildman–Crippen MR) is 125 cm³/mol. The summed E-state index contributed by atoms with van der Waals surface area (Å²) in [6.45, 7) is 9.57. The second-order valence-corrected chi connectivity index (χ2v) is 9.98. The Balaban J connectivity index is 1.38. The first-order valence-corrected chi connectivity index (χ1v) is 11.9. The first-order chi connectivity index (χ1) is 14.9. The smallest absolute Gasteiger partial charge is 0.115 e. The third kappa shape index (κ3) is 3.24. The Hall–Kier alpha value is -2.43. The Morgan fingerprint density at radius 3 is 2.84 bits per heavy atom. The number of phenolic OH excluding ortho intramolecular Hbond substituents is 1. The third-order valence-corrected chi connectivity index (χ3v) is 8.55. The molecule has 0 unspecified atom stereocenters. The lowest BCUT2D eigenvalue weighted by molar-refractivity contribution is 0.0955. The fourth-order valence-electron chi connectivity index (χ4n) is 6.88. The molecule has 5 heteroatoms. The van der Waals surface area contributed by atoms with Crippen molar-refractivity contribution in [1.82, 2.24) is 9.78 Å². The highest BCUT2D eigenvalue weighted by Crippen LogP contribution is 2.60. The molecule has 3 aliphatic rings. The van der Waals surface area contributed by atoms with Gasteiger partial charge in [0.2, 0.25) is 0 Å². The lowest BCUT2D eigenvalue weighted by atomic mass is 9.55. The van der Waals surface area contributed by atoms with E-state index in [4.69, 9.17) is 5.10 Å². The summed E-state index contributed by atoms with van der Waals surface area (Å²) in [7, 11) is 0. The van der Waals surface area contributed by atoms with Gasteiger partial charge >= 0.3 is 0 Å². The molecule has 2 saturated carbocycles. The molecule has 5 nitrogen and oxygen atoms in total. The van der Waals surface area contributed by atoms with Crippen LogP contribution in [0.15, 0.2) is 28.4 Å². The molecule has 0 aliphatic heterocycles. The van der Waals surface area contributed by atoms with Gasteiger partial charge in [-0.25, -0.2) is 0 Å². The SMILES string of the molecule is CCn1nc(C)c(/C=N\N=C2\CC[C@@H]3[C@@H]4CCc5cc(O)ccc5[C@@H]4CC[C@@]23C)c1C. The van der Waals surface area contributed by atoms with Gasteiger partial charge in [-0.05, 0) is 100 Å². The molecular formula is C26H34N4O. The zero-order chi connectivity index (χ0) is 21.8. The summed E-state index contributed by atoms with van der Waals surface area (Å²) in [6, 6.07) is 6.04. The van der Waals surface area contributed by atoms with Crippen LogP contribution in [0.2, 0.25) is 0 Å². The Kier molecular flexibility index (Phi) is 5.03. The van der Waals surface area contributed by atoms with Crippen LogP contribution in [0.1, 0.15) is 79.9 Å². The Morgan fingerprint density at radius 1 is 1.23 bits per heavy atom. The van der Waals surface area contributed by atoms with Gasteiger partial charge in [0.15, 0.2) is 0 Å². The molecular weight excluding hydrogens is 384 g/mol. The van der Waals surface area contributed by atoms with Crippen LogP contribution in [0.3, 0.4) is 0 Å². The molecule has 4 atom stereocenters. The van der Waals surface area contributed by atoms with Gasteiger partial charge in [-0.3, -0.25) is 4.68 Å². The average Bonchev–Trinajstić information content (AvgIpc) is 3.23. The van der Waals surface area contributed by atoms with Crippen molar-refractivity contribution in [2.75, 3.05) is 0 Å². The van der Waals surface area contributed by atoms with Gasteiger partial charge in [0, 0.05) is 28.9 Å². The van der Waals surface area contributed by atoms with Crippen LogP contribution in [0.5, 0.6) is 5.75 Å². The Labute approximate surface area is 185 Å². The van der Waals surface area contributed by atoms with Crippen molar-refractivity contribution in [1.29, 1.82) is 0 Å². The number of fused-ring (bicyclic) bond motifs is 5. The third-order valence-electron chi connectivity index (χ3n) is 8.55. The number of hydrogen-bond acceptors (Lipinski definition) is 4. The molecule has 1 aromatic carbocycles. The molecule has 0 saturated heterocycles. The summed E-state index contributed by atoms with van der Waals surface area (Å²) in [4.78, 5) is 0. The molecule has 0 spiro atoms. The van der Waals surface area contributed by atoms with Crippen molar-refractivity contribution < 1.29 is 5.11 Å². The summed E-state index contributed by atoms with van der Waals surface area (Å²) in [6.07, 6.45) is 8.90. The van der Waals surface area contributed by atoms with Crippen LogP contribution >= 0.6 is 0 Å². The van der Waals surface area contributed by atoms with E-state index in [1.807, 2.05) is 30.0 Å². The van der Waals surface area contributed by atoms with Crippen LogP contribution < -0.4 is 0 Å². The van der Waals surface area contributed by atoms with Gasteiger partial charge in [0.25, 0.3) is 0 Å². The molecule has 31 heavy (non-hydrogen) atoms. The quantitative estimate of drug-likeness (QED) is 0.524. The van der Waals surface area contributed by atoms with E-state index in [2.05, 4.69) is 37.0 Å². The maximum absolute atomic E-state index is 9.89. The monoisotopic (exact) mass is 418 g/mol. The number of hydrogen-bond donors (Lipinski definition) is 1. The highest BCUT2D eigenvalue weighted by atomic mass is 16.3. The molecule has 0 amide bonds. The van der Waals surface area contributed by atoms with E-state index in [9.17, 15) is 5.11 Å². The molecule has 1 aromatic heterocycles. The number of aryl methyl sites for hydroxylation is 3. The first kappa shape index (κ1) is 20.5. The molecule has 2 aromatic rings. The zero-order valence-corrected chi connectivity index (χ0v) is 19.2. The van der Waals surface area contributed by atoms with Gasteiger partial charge in [0.05, 0.1) is 11.9 Å². The predicted octanol–water partition coefficient (Wildman–Crippen LogP) is 5.56. The normalized spacial score (nSPS) is 31.1. The highest BCUT2D eigenvalue weighted by molar-refractivity contribution is 5.93. The zero-order valence-electron chi connectivity index (χ0n) is 19.2. The molecule has 0 bridgehead atoms. The topological polar surface area (TPSA) is 62.8 Å². The minimum atomic E-state index is 0.171. The van der Waals surface area contributed by atoms with Gasteiger partial charge in [-0.2, -0.15) is 15.3 Å². The fraction of sp³-hybridized carbons (Fsp3) is 0.577. The van der Waals surface area contributed by atoms with E-state index in [1.54, 1.807) is 0 Å². The lowest BCUT2D eigenvalue weighted by Gasteiger charge is -2.49. The lowest BCUT2D eigenvalue weighted by Crippen LogP contribution is -2.42. The van der Waals surface area contributed by atoms with Crippen LogP contribution in [0, 0.1) is 31.1 Å². The van der Waals surface area contributed by atoms with Crippen molar-refractivity contribution >= 4 is 11.9 Å². The summed E-state index contributed by atoms with van der Waals surface area (Å²) >= 11 is 0. The number of aromatic hydroxyl groups is 1. The van der Waals surface area contributed by atoms with Crippen molar-refractivity contribution in [2.45, 2.75) is 78.7 Å². The average molecular weight is 419 g/mol. The van der Waals surface area contributed by atoms with Crippen LogP contribution in [-0.2, 0) is 13.0 Å². The van der Waals surface area contributed by atoms with Crippen molar-refractivity contribution in [3.05, 3.63) is 46.3 Å². The van der Waals surface area contributed by atoms with Crippen LogP contribution in [0.4, 0.5) is 0 Å². The van der Waals surface area contributed by atoms with Crippen molar-refractivity contribution in [3.63, 3.8) is 0 Å². The second-order valence-electron chi connectivity index (χ2n) is 9.98. The number of rotatable bonds is 3.